The zero-order chi connectivity index (χ0) is 19.4. The van der Waals surface area contributed by atoms with Gasteiger partial charge in [-0.15, -0.1) is 24.0 Å². The Kier molecular flexibility index (Phi) is 11.9. The van der Waals surface area contributed by atoms with Gasteiger partial charge in [0.25, 0.3) is 0 Å². The van der Waals surface area contributed by atoms with Crippen LogP contribution in [0.25, 0.3) is 0 Å². The van der Waals surface area contributed by atoms with Gasteiger partial charge in [-0.2, -0.15) is 0 Å². The van der Waals surface area contributed by atoms with E-state index in [0.717, 1.165) is 52.4 Å². The summed E-state index contributed by atoms with van der Waals surface area (Å²) in [5, 5.41) is 3.24. The summed E-state index contributed by atoms with van der Waals surface area (Å²) in [5.74, 6) is 0.542. The largest absolute Gasteiger partial charge is 0.379 e. The number of morpholine rings is 1. The summed E-state index contributed by atoms with van der Waals surface area (Å²) >= 11 is 0. The molecule has 0 aliphatic carbocycles. The number of nitrogens with zero attached hydrogens (tertiary/aromatic N) is 3. The molecule has 164 valence electrons. The van der Waals surface area contributed by atoms with Crippen molar-refractivity contribution in [2.75, 3.05) is 52.5 Å². The number of ether oxygens (including phenoxy) is 1. The summed E-state index contributed by atoms with van der Waals surface area (Å²) in [7, 11) is 0. The van der Waals surface area contributed by atoms with E-state index in [0.29, 0.717) is 12.5 Å². The number of aliphatic imine (C=N–C) groups is 1. The van der Waals surface area contributed by atoms with E-state index >= 15 is 0 Å². The molecule has 0 radical (unpaired) electrons. The molecule has 3 N–H and O–H groups in total. The predicted molar refractivity (Wildman–Crippen MR) is 131 cm³/mol. The first-order valence-electron chi connectivity index (χ1n) is 10.9. The summed E-state index contributed by atoms with van der Waals surface area (Å²) in [6.07, 6.45) is 6.49. The topological polar surface area (TPSA) is 66.1 Å². The number of benzene rings is 1. The molecule has 0 atom stereocenters. The van der Waals surface area contributed by atoms with Crippen molar-refractivity contribution in [3.63, 3.8) is 0 Å². The van der Waals surface area contributed by atoms with Gasteiger partial charge in [0.2, 0.25) is 0 Å². The van der Waals surface area contributed by atoms with Crippen LogP contribution in [-0.4, -0.2) is 68.2 Å². The standard InChI is InChI=1S/C22H37N5O.HI/c23-22(24-9-6-12-26-13-15-28-16-14-26)25-18-20-7-5-8-21(17-20)19-27-10-3-1-2-4-11-27;/h5,7-8,17H,1-4,6,9-16,18-19H2,(H3,23,24,25);1H. The molecule has 3 rings (SSSR count). The van der Waals surface area contributed by atoms with Gasteiger partial charge in [0.15, 0.2) is 5.96 Å². The van der Waals surface area contributed by atoms with E-state index in [1.807, 2.05) is 0 Å². The molecule has 2 aliphatic heterocycles. The Labute approximate surface area is 193 Å². The van der Waals surface area contributed by atoms with Crippen molar-refractivity contribution < 1.29 is 4.74 Å². The summed E-state index contributed by atoms with van der Waals surface area (Å²) in [6, 6.07) is 8.79. The van der Waals surface area contributed by atoms with E-state index in [1.165, 1.54) is 49.9 Å². The average Bonchev–Trinajstić information content (AvgIpc) is 2.99. The molecule has 2 aliphatic rings. The zero-order valence-corrected chi connectivity index (χ0v) is 20.0. The Morgan fingerprint density at radius 1 is 1.00 bits per heavy atom. The third-order valence-corrected chi connectivity index (χ3v) is 5.59. The first-order valence-corrected chi connectivity index (χ1v) is 10.9. The number of halogens is 1. The predicted octanol–water partition coefficient (Wildman–Crippen LogP) is 2.81. The number of likely N-dealkylation sites (tertiary alicyclic amines) is 1. The molecule has 0 aromatic heterocycles. The number of guanidine groups is 1. The number of hydrogen-bond acceptors (Lipinski definition) is 4. The molecule has 0 saturated carbocycles. The second kappa shape index (κ2) is 14.2. The highest BCUT2D eigenvalue weighted by molar-refractivity contribution is 14.0. The highest BCUT2D eigenvalue weighted by Gasteiger charge is 2.10. The van der Waals surface area contributed by atoms with Gasteiger partial charge < -0.3 is 15.8 Å². The van der Waals surface area contributed by atoms with Crippen LogP contribution < -0.4 is 11.1 Å². The summed E-state index contributed by atoms with van der Waals surface area (Å²) in [4.78, 5) is 9.54. The van der Waals surface area contributed by atoms with Gasteiger partial charge in [-0.25, -0.2) is 4.99 Å². The maximum absolute atomic E-state index is 6.04. The molecular formula is C22H38IN5O. The molecule has 29 heavy (non-hydrogen) atoms. The van der Waals surface area contributed by atoms with Gasteiger partial charge >= 0.3 is 0 Å². The van der Waals surface area contributed by atoms with Gasteiger partial charge in [0.1, 0.15) is 0 Å². The van der Waals surface area contributed by atoms with E-state index < -0.39 is 0 Å². The lowest BCUT2D eigenvalue weighted by molar-refractivity contribution is 0.0376. The van der Waals surface area contributed by atoms with Gasteiger partial charge in [-0.05, 0) is 50.0 Å². The summed E-state index contributed by atoms with van der Waals surface area (Å²) in [6.45, 7) is 9.87. The van der Waals surface area contributed by atoms with E-state index in [1.54, 1.807) is 0 Å². The minimum absolute atomic E-state index is 0. The van der Waals surface area contributed by atoms with Crippen molar-refractivity contribution in [2.45, 2.75) is 45.2 Å². The Balaban J connectivity index is 0.00000300. The molecule has 6 nitrogen and oxygen atoms in total. The molecule has 2 heterocycles. The minimum Gasteiger partial charge on any atom is -0.379 e. The van der Waals surface area contributed by atoms with Crippen LogP contribution in [0.1, 0.15) is 43.2 Å². The van der Waals surface area contributed by atoms with Crippen molar-refractivity contribution >= 4 is 29.9 Å². The number of hydrogen-bond donors (Lipinski definition) is 2. The monoisotopic (exact) mass is 515 g/mol. The maximum atomic E-state index is 6.04. The lowest BCUT2D eigenvalue weighted by atomic mass is 10.1. The van der Waals surface area contributed by atoms with Crippen LogP contribution in [0, 0.1) is 0 Å². The van der Waals surface area contributed by atoms with E-state index in [9.17, 15) is 0 Å². The van der Waals surface area contributed by atoms with Crippen LogP contribution in [-0.2, 0) is 17.8 Å². The highest BCUT2D eigenvalue weighted by atomic mass is 127. The Hall–Kier alpha value is -0.900. The molecule has 0 unspecified atom stereocenters. The van der Waals surface area contributed by atoms with Crippen LogP contribution in [0.5, 0.6) is 0 Å². The molecular weight excluding hydrogens is 477 g/mol. The lowest BCUT2D eigenvalue weighted by Crippen LogP contribution is -2.39. The van der Waals surface area contributed by atoms with E-state index in [2.05, 4.69) is 44.4 Å². The fourth-order valence-corrected chi connectivity index (χ4v) is 3.96. The second-order valence-electron chi connectivity index (χ2n) is 7.95. The quantitative estimate of drug-likeness (QED) is 0.241. The SMILES string of the molecule is I.NC(=NCc1cccc(CN2CCCCCC2)c1)NCCCN1CCOCC1. The van der Waals surface area contributed by atoms with Crippen molar-refractivity contribution in [3.8, 4) is 0 Å². The third-order valence-electron chi connectivity index (χ3n) is 5.59. The fourth-order valence-electron chi connectivity index (χ4n) is 3.96. The summed E-state index contributed by atoms with van der Waals surface area (Å²) in [5.41, 5.74) is 8.65. The van der Waals surface area contributed by atoms with Crippen molar-refractivity contribution in [2.24, 2.45) is 10.7 Å². The minimum atomic E-state index is 0. The number of rotatable bonds is 8. The first kappa shape index (κ1) is 24.4. The maximum Gasteiger partial charge on any atom is 0.188 e. The number of nitrogens with two attached hydrogens (primary N) is 1. The van der Waals surface area contributed by atoms with Gasteiger partial charge in [0, 0.05) is 26.2 Å². The van der Waals surface area contributed by atoms with Gasteiger partial charge in [-0.1, -0.05) is 37.1 Å². The van der Waals surface area contributed by atoms with Crippen LogP contribution in [0.2, 0.25) is 0 Å². The first-order chi connectivity index (χ1) is 13.8. The molecule has 7 heteroatoms. The second-order valence-corrected chi connectivity index (χ2v) is 7.95. The fraction of sp³-hybridized carbons (Fsp3) is 0.682. The van der Waals surface area contributed by atoms with Gasteiger partial charge in [0.05, 0.1) is 19.8 Å². The Morgan fingerprint density at radius 3 is 2.48 bits per heavy atom. The van der Waals surface area contributed by atoms with Crippen LogP contribution in [0.3, 0.4) is 0 Å². The lowest BCUT2D eigenvalue weighted by Gasteiger charge is -2.26. The third kappa shape index (κ3) is 9.63. The van der Waals surface area contributed by atoms with Crippen molar-refractivity contribution in [3.05, 3.63) is 35.4 Å². The smallest absolute Gasteiger partial charge is 0.188 e. The molecule has 1 aromatic rings. The van der Waals surface area contributed by atoms with Gasteiger partial charge in [-0.3, -0.25) is 9.80 Å². The van der Waals surface area contributed by atoms with Crippen molar-refractivity contribution in [1.82, 2.24) is 15.1 Å². The molecule has 0 spiro atoms. The molecule has 2 fully saturated rings. The van der Waals surface area contributed by atoms with Crippen molar-refractivity contribution in [1.29, 1.82) is 0 Å². The van der Waals surface area contributed by atoms with Crippen LogP contribution in [0.15, 0.2) is 29.3 Å². The zero-order valence-electron chi connectivity index (χ0n) is 17.7. The van der Waals surface area contributed by atoms with Crippen LogP contribution >= 0.6 is 24.0 Å². The Bertz CT molecular complexity index is 599. The molecule has 0 bridgehead atoms. The molecule has 1 aromatic carbocycles. The Morgan fingerprint density at radius 2 is 1.72 bits per heavy atom. The van der Waals surface area contributed by atoms with E-state index in [4.69, 9.17) is 10.5 Å². The highest BCUT2D eigenvalue weighted by Crippen LogP contribution is 2.14. The van der Waals surface area contributed by atoms with E-state index in [-0.39, 0.29) is 24.0 Å². The summed E-state index contributed by atoms with van der Waals surface area (Å²) < 4.78 is 5.38. The molecule has 2 saturated heterocycles. The number of nitrogens with one attached hydrogen (secondary N) is 1. The average molecular weight is 515 g/mol. The van der Waals surface area contributed by atoms with Crippen LogP contribution in [0.4, 0.5) is 0 Å². The molecule has 0 amide bonds. The normalized spacial score (nSPS) is 19.4.